The van der Waals surface area contributed by atoms with E-state index in [1.54, 1.807) is 11.0 Å². The van der Waals surface area contributed by atoms with Crippen molar-refractivity contribution in [3.8, 4) is 5.69 Å². The lowest BCUT2D eigenvalue weighted by Crippen LogP contribution is -2.31. The highest BCUT2D eigenvalue weighted by molar-refractivity contribution is 5.79. The van der Waals surface area contributed by atoms with E-state index < -0.39 is 0 Å². The second-order valence-electron chi connectivity index (χ2n) is 8.71. The van der Waals surface area contributed by atoms with Gasteiger partial charge in [-0.15, -0.1) is 5.10 Å². The molecule has 1 unspecified atom stereocenters. The van der Waals surface area contributed by atoms with E-state index in [1.165, 1.54) is 11.1 Å². The van der Waals surface area contributed by atoms with Crippen LogP contribution in [0.3, 0.4) is 0 Å². The van der Waals surface area contributed by atoms with Crippen LogP contribution in [0.1, 0.15) is 56.3 Å². The number of tetrazole rings is 1. The molecule has 0 N–H and O–H groups in total. The molecule has 150 valence electrons. The van der Waals surface area contributed by atoms with Gasteiger partial charge in [-0.05, 0) is 57.5 Å². The summed E-state index contributed by atoms with van der Waals surface area (Å²) < 4.78 is 1.60. The fourth-order valence-electron chi connectivity index (χ4n) is 3.94. The van der Waals surface area contributed by atoms with Crippen molar-refractivity contribution in [3.63, 3.8) is 0 Å². The van der Waals surface area contributed by atoms with Crippen LogP contribution in [0.15, 0.2) is 54.9 Å². The van der Waals surface area contributed by atoms with Gasteiger partial charge < -0.3 is 4.90 Å². The lowest BCUT2D eigenvalue weighted by atomic mass is 9.86. The first-order chi connectivity index (χ1) is 13.9. The van der Waals surface area contributed by atoms with Gasteiger partial charge in [0.05, 0.1) is 18.2 Å². The molecule has 6 nitrogen and oxygen atoms in total. The Morgan fingerprint density at radius 1 is 1.07 bits per heavy atom. The Labute approximate surface area is 171 Å². The van der Waals surface area contributed by atoms with Crippen molar-refractivity contribution in [3.05, 3.63) is 71.5 Å². The predicted octanol–water partition coefficient (Wildman–Crippen LogP) is 3.87. The van der Waals surface area contributed by atoms with E-state index in [-0.39, 0.29) is 17.4 Å². The Bertz CT molecular complexity index is 956. The van der Waals surface area contributed by atoms with Crippen molar-refractivity contribution in [2.24, 2.45) is 0 Å². The molecule has 29 heavy (non-hydrogen) atoms. The van der Waals surface area contributed by atoms with Gasteiger partial charge in [0.1, 0.15) is 6.33 Å². The molecule has 0 bridgehead atoms. The maximum atomic E-state index is 13.0. The number of carbonyl (C=O) groups is 1. The summed E-state index contributed by atoms with van der Waals surface area (Å²) in [6.45, 7) is 7.49. The minimum Gasteiger partial charge on any atom is -0.335 e. The molecule has 3 aromatic rings. The van der Waals surface area contributed by atoms with Gasteiger partial charge >= 0.3 is 0 Å². The quantitative estimate of drug-likeness (QED) is 0.680. The molecule has 0 radical (unpaired) electrons. The molecule has 4 rings (SSSR count). The van der Waals surface area contributed by atoms with Crippen molar-refractivity contribution >= 4 is 5.91 Å². The fourth-order valence-corrected chi connectivity index (χ4v) is 3.94. The SMILES string of the molecule is CC(C)(C)c1ccc(C2CCCN2C(=O)Cc2ccc(-n3cnnn3)cc2)cc1. The lowest BCUT2D eigenvalue weighted by Gasteiger charge is -2.26. The molecule has 2 heterocycles. The van der Waals surface area contributed by atoms with Gasteiger partial charge in [-0.1, -0.05) is 57.2 Å². The third-order valence-corrected chi connectivity index (χ3v) is 5.64. The highest BCUT2D eigenvalue weighted by atomic mass is 16.2. The second-order valence-corrected chi connectivity index (χ2v) is 8.71. The van der Waals surface area contributed by atoms with E-state index in [4.69, 9.17) is 0 Å². The topological polar surface area (TPSA) is 63.9 Å². The average molecular weight is 390 g/mol. The summed E-state index contributed by atoms with van der Waals surface area (Å²) >= 11 is 0. The van der Waals surface area contributed by atoms with Crippen LogP contribution in [0.2, 0.25) is 0 Å². The third kappa shape index (κ3) is 4.21. The molecule has 1 aliphatic rings. The zero-order chi connectivity index (χ0) is 20.4. The molecule has 1 atom stereocenters. The Morgan fingerprint density at radius 3 is 2.41 bits per heavy atom. The fraction of sp³-hybridized carbons (Fsp3) is 0.391. The van der Waals surface area contributed by atoms with Crippen LogP contribution in [-0.2, 0) is 16.6 Å². The third-order valence-electron chi connectivity index (χ3n) is 5.64. The number of hydrogen-bond donors (Lipinski definition) is 0. The monoisotopic (exact) mass is 389 g/mol. The van der Waals surface area contributed by atoms with E-state index in [1.807, 2.05) is 29.2 Å². The standard InChI is InChI=1S/C23H27N5O/c1-23(2,3)19-10-8-18(9-11-19)21-5-4-14-27(21)22(29)15-17-6-12-20(13-7-17)28-16-24-25-26-28/h6-13,16,21H,4-5,14-15H2,1-3H3. The van der Waals surface area contributed by atoms with Gasteiger partial charge in [-0.3, -0.25) is 4.79 Å². The van der Waals surface area contributed by atoms with Crippen LogP contribution in [0.4, 0.5) is 0 Å². The number of benzene rings is 2. The van der Waals surface area contributed by atoms with Crippen molar-refractivity contribution in [1.82, 2.24) is 25.1 Å². The molecule has 0 saturated carbocycles. The smallest absolute Gasteiger partial charge is 0.227 e. The summed E-state index contributed by atoms with van der Waals surface area (Å²) in [5.74, 6) is 0.183. The van der Waals surface area contributed by atoms with Gasteiger partial charge in [-0.25, -0.2) is 4.68 Å². The number of rotatable bonds is 4. The first-order valence-electron chi connectivity index (χ1n) is 10.1. The molecule has 1 saturated heterocycles. The zero-order valence-corrected chi connectivity index (χ0v) is 17.2. The number of nitrogens with zero attached hydrogens (tertiary/aromatic N) is 5. The summed E-state index contributed by atoms with van der Waals surface area (Å²) in [7, 11) is 0. The summed E-state index contributed by atoms with van der Waals surface area (Å²) in [5.41, 5.74) is 4.57. The van der Waals surface area contributed by atoms with Crippen LogP contribution in [-0.4, -0.2) is 37.6 Å². The molecule has 1 aliphatic heterocycles. The summed E-state index contributed by atoms with van der Waals surface area (Å²) in [4.78, 5) is 15.1. The van der Waals surface area contributed by atoms with Gasteiger partial charge in [0.15, 0.2) is 0 Å². The van der Waals surface area contributed by atoms with Gasteiger partial charge in [-0.2, -0.15) is 0 Å². The minimum absolute atomic E-state index is 0.137. The highest BCUT2D eigenvalue weighted by Crippen LogP contribution is 2.33. The van der Waals surface area contributed by atoms with E-state index in [9.17, 15) is 4.79 Å². The summed E-state index contributed by atoms with van der Waals surface area (Å²) in [6.07, 6.45) is 4.04. The number of carbonyl (C=O) groups excluding carboxylic acids is 1. The van der Waals surface area contributed by atoms with Gasteiger partial charge in [0.2, 0.25) is 5.91 Å². The van der Waals surface area contributed by atoms with Crippen molar-refractivity contribution in [2.45, 2.75) is 51.5 Å². The second kappa shape index (κ2) is 7.78. The Kier molecular flexibility index (Phi) is 5.18. The maximum Gasteiger partial charge on any atom is 0.227 e. The Hall–Kier alpha value is -3.02. The zero-order valence-electron chi connectivity index (χ0n) is 17.2. The molecule has 0 aliphatic carbocycles. The van der Waals surface area contributed by atoms with E-state index in [0.29, 0.717) is 6.42 Å². The van der Waals surface area contributed by atoms with Crippen LogP contribution in [0.5, 0.6) is 0 Å². The molecular formula is C23H27N5O. The van der Waals surface area contributed by atoms with Crippen molar-refractivity contribution in [2.75, 3.05) is 6.54 Å². The Morgan fingerprint density at radius 2 is 1.79 bits per heavy atom. The Balaban J connectivity index is 1.45. The molecule has 1 amide bonds. The molecule has 0 spiro atoms. The van der Waals surface area contributed by atoms with Crippen LogP contribution >= 0.6 is 0 Å². The van der Waals surface area contributed by atoms with Crippen molar-refractivity contribution in [1.29, 1.82) is 0 Å². The van der Waals surface area contributed by atoms with Crippen LogP contribution in [0, 0.1) is 0 Å². The van der Waals surface area contributed by atoms with Gasteiger partial charge in [0, 0.05) is 6.54 Å². The minimum atomic E-state index is 0.137. The van der Waals surface area contributed by atoms with Crippen LogP contribution < -0.4 is 0 Å². The van der Waals surface area contributed by atoms with Gasteiger partial charge in [0.25, 0.3) is 0 Å². The molecule has 2 aromatic carbocycles. The van der Waals surface area contributed by atoms with E-state index in [2.05, 4.69) is 60.6 Å². The van der Waals surface area contributed by atoms with Crippen molar-refractivity contribution < 1.29 is 4.79 Å². The van der Waals surface area contributed by atoms with Crippen LogP contribution in [0.25, 0.3) is 5.69 Å². The number of aromatic nitrogens is 4. The molecule has 1 aromatic heterocycles. The summed E-state index contributed by atoms with van der Waals surface area (Å²) in [6, 6.07) is 16.8. The number of amides is 1. The van der Waals surface area contributed by atoms with E-state index >= 15 is 0 Å². The maximum absolute atomic E-state index is 13.0. The lowest BCUT2D eigenvalue weighted by molar-refractivity contribution is -0.131. The number of hydrogen-bond acceptors (Lipinski definition) is 4. The molecule has 6 heteroatoms. The number of likely N-dealkylation sites (tertiary alicyclic amines) is 1. The normalized spacial score (nSPS) is 16.9. The highest BCUT2D eigenvalue weighted by Gasteiger charge is 2.30. The predicted molar refractivity (Wildman–Crippen MR) is 112 cm³/mol. The average Bonchev–Trinajstić information content (AvgIpc) is 3.40. The largest absolute Gasteiger partial charge is 0.335 e. The first kappa shape index (κ1) is 19.3. The first-order valence-corrected chi connectivity index (χ1v) is 10.1. The molecular weight excluding hydrogens is 362 g/mol. The van der Waals surface area contributed by atoms with E-state index in [0.717, 1.165) is 30.6 Å². The molecule has 1 fully saturated rings. The summed E-state index contributed by atoms with van der Waals surface area (Å²) in [5, 5.41) is 11.2.